The molecule has 0 fully saturated rings. The van der Waals surface area contributed by atoms with Crippen molar-refractivity contribution in [2.24, 2.45) is 10.2 Å². The van der Waals surface area contributed by atoms with E-state index in [0.29, 0.717) is 0 Å². The van der Waals surface area contributed by atoms with Crippen LogP contribution < -0.4 is 0 Å². The summed E-state index contributed by atoms with van der Waals surface area (Å²) in [6.45, 7) is 8.65. The van der Waals surface area contributed by atoms with Gasteiger partial charge in [-0.3, -0.25) is 0 Å². The highest BCUT2D eigenvalue weighted by Gasteiger charge is 2.19. The smallest absolute Gasteiger partial charge is 0.162 e. The first-order valence-electron chi connectivity index (χ1n) is 6.01. The normalized spacial score (nSPS) is 11.1. The van der Waals surface area contributed by atoms with Crippen molar-refractivity contribution in [2.45, 2.75) is 45.7 Å². The monoisotopic (exact) mass is 256 g/mol. The second-order valence-corrected chi connectivity index (χ2v) is 5.20. The summed E-state index contributed by atoms with van der Waals surface area (Å²) in [6.07, 6.45) is 0. The summed E-state index contributed by atoms with van der Waals surface area (Å²) in [4.78, 5) is 0. The summed E-state index contributed by atoms with van der Waals surface area (Å²) >= 11 is 0. The summed E-state index contributed by atoms with van der Waals surface area (Å²) in [6, 6.07) is 14.2. The zero-order valence-electron chi connectivity index (χ0n) is 12.2. The van der Waals surface area contributed by atoms with Gasteiger partial charge in [0.05, 0.1) is 12.1 Å². The molecule has 0 saturated carbocycles. The Morgan fingerprint density at radius 1 is 0.842 bits per heavy atom. The molecule has 0 aromatic heterocycles. The molecule has 1 aromatic carbocycles. The average molecular weight is 256 g/mol. The van der Waals surface area contributed by atoms with Crippen LogP contribution in [0.15, 0.2) is 40.6 Å². The van der Waals surface area contributed by atoms with E-state index < -0.39 is 11.1 Å². The van der Waals surface area contributed by atoms with Crippen LogP contribution in [0.4, 0.5) is 0 Å². The number of aryl methyl sites for hydroxylation is 1. The molecule has 0 heterocycles. The Hall–Kier alpha value is -2.20. The number of nitrogens with zero attached hydrogens (tertiary/aromatic N) is 4. The summed E-state index contributed by atoms with van der Waals surface area (Å²) < 4.78 is 0. The van der Waals surface area contributed by atoms with Gasteiger partial charge in [-0.05, 0) is 34.6 Å². The Morgan fingerprint density at radius 3 is 1.42 bits per heavy atom. The predicted octanol–water partition coefficient (Wildman–Crippen LogP) is 4.04. The van der Waals surface area contributed by atoms with Gasteiger partial charge in [0.1, 0.15) is 0 Å². The van der Waals surface area contributed by atoms with Crippen LogP contribution >= 0.6 is 0 Å². The SMILES string of the molecule is CC(C)(C#N)N=NC(C)(C)C#N.Cc1ccccc1. The Labute approximate surface area is 115 Å². The van der Waals surface area contributed by atoms with E-state index >= 15 is 0 Å². The lowest BCUT2D eigenvalue weighted by atomic mass is 10.1. The Balaban J connectivity index is 0.000000388. The molecular weight excluding hydrogens is 236 g/mol. The molecule has 0 radical (unpaired) electrons. The number of azo groups is 1. The predicted molar refractivity (Wildman–Crippen MR) is 75.4 cm³/mol. The van der Waals surface area contributed by atoms with E-state index in [2.05, 4.69) is 29.3 Å². The number of rotatable bonds is 2. The topological polar surface area (TPSA) is 72.3 Å². The molecule has 1 rings (SSSR count). The van der Waals surface area contributed by atoms with Crippen molar-refractivity contribution >= 4 is 0 Å². The minimum Gasteiger partial charge on any atom is -0.196 e. The second-order valence-electron chi connectivity index (χ2n) is 5.20. The lowest BCUT2D eigenvalue weighted by Gasteiger charge is -2.11. The molecule has 0 spiro atoms. The highest BCUT2D eigenvalue weighted by atomic mass is 15.2. The number of nitriles is 2. The largest absolute Gasteiger partial charge is 0.196 e. The molecule has 100 valence electrons. The minimum absolute atomic E-state index is 0.839. The number of benzene rings is 1. The molecule has 4 heteroatoms. The third-order valence-corrected chi connectivity index (χ3v) is 2.04. The quantitative estimate of drug-likeness (QED) is 0.749. The first-order chi connectivity index (χ1) is 8.72. The molecule has 4 nitrogen and oxygen atoms in total. The minimum atomic E-state index is -0.839. The highest BCUT2D eigenvalue weighted by molar-refractivity contribution is 5.11. The summed E-state index contributed by atoms with van der Waals surface area (Å²) in [5.74, 6) is 0. The molecule has 1 aromatic rings. The summed E-state index contributed by atoms with van der Waals surface area (Å²) in [7, 11) is 0. The first kappa shape index (κ1) is 16.8. The van der Waals surface area contributed by atoms with Crippen molar-refractivity contribution in [1.82, 2.24) is 0 Å². The molecule has 0 bridgehead atoms. The van der Waals surface area contributed by atoms with Gasteiger partial charge in [-0.1, -0.05) is 35.9 Å². The highest BCUT2D eigenvalue weighted by Crippen LogP contribution is 2.13. The van der Waals surface area contributed by atoms with Crippen molar-refractivity contribution in [2.75, 3.05) is 0 Å². The average Bonchev–Trinajstić information content (AvgIpc) is 2.39. The van der Waals surface area contributed by atoms with Crippen molar-refractivity contribution in [3.8, 4) is 12.1 Å². The van der Waals surface area contributed by atoms with Gasteiger partial charge in [-0.2, -0.15) is 20.8 Å². The number of hydrogen-bond acceptors (Lipinski definition) is 4. The fourth-order valence-corrected chi connectivity index (χ4v) is 0.829. The lowest BCUT2D eigenvalue weighted by molar-refractivity contribution is 0.541. The van der Waals surface area contributed by atoms with Crippen molar-refractivity contribution < 1.29 is 0 Å². The molecule has 0 aliphatic rings. The fraction of sp³-hybridized carbons (Fsp3) is 0.467. The number of hydrogen-bond donors (Lipinski definition) is 0. The Kier molecular flexibility index (Phi) is 6.44. The standard InChI is InChI=1S/C8H12N4.C7H8/c1-7(2,5-9)11-12-8(3,4)6-10;1-7-5-3-2-4-6-7/h1-4H3;2-6H,1H3. The molecule has 0 unspecified atom stereocenters. The van der Waals surface area contributed by atoms with Gasteiger partial charge in [-0.15, -0.1) is 0 Å². The van der Waals surface area contributed by atoms with Gasteiger partial charge in [0.2, 0.25) is 0 Å². The summed E-state index contributed by atoms with van der Waals surface area (Å²) in [5.41, 5.74) is -0.357. The van der Waals surface area contributed by atoms with Gasteiger partial charge in [-0.25, -0.2) is 0 Å². The van der Waals surface area contributed by atoms with Crippen LogP contribution in [0, 0.1) is 29.6 Å². The third kappa shape index (κ3) is 8.51. The van der Waals surface area contributed by atoms with Gasteiger partial charge < -0.3 is 0 Å². The van der Waals surface area contributed by atoms with Gasteiger partial charge in [0.15, 0.2) is 11.1 Å². The van der Waals surface area contributed by atoms with E-state index in [9.17, 15) is 0 Å². The Bertz CT molecular complexity index is 459. The second kappa shape index (κ2) is 7.28. The molecule has 0 atom stereocenters. The molecular formula is C15H20N4. The fourth-order valence-electron chi connectivity index (χ4n) is 0.829. The molecule has 0 aliphatic carbocycles. The van der Waals surface area contributed by atoms with E-state index in [1.165, 1.54) is 5.56 Å². The van der Waals surface area contributed by atoms with Crippen molar-refractivity contribution in [3.05, 3.63) is 35.9 Å². The molecule has 0 aliphatic heterocycles. The maximum absolute atomic E-state index is 8.58. The lowest BCUT2D eigenvalue weighted by Crippen LogP contribution is -2.17. The van der Waals surface area contributed by atoms with Gasteiger partial charge in [0.25, 0.3) is 0 Å². The molecule has 0 saturated heterocycles. The third-order valence-electron chi connectivity index (χ3n) is 2.04. The van der Waals surface area contributed by atoms with Crippen LogP contribution in [0.25, 0.3) is 0 Å². The zero-order chi connectivity index (χ0) is 14.9. The van der Waals surface area contributed by atoms with Gasteiger partial charge >= 0.3 is 0 Å². The van der Waals surface area contributed by atoms with Crippen LogP contribution in [-0.2, 0) is 0 Å². The van der Waals surface area contributed by atoms with E-state index in [0.717, 1.165) is 0 Å². The van der Waals surface area contributed by atoms with E-state index in [1.54, 1.807) is 27.7 Å². The van der Waals surface area contributed by atoms with Crippen molar-refractivity contribution in [3.63, 3.8) is 0 Å². The Morgan fingerprint density at radius 2 is 1.21 bits per heavy atom. The molecule has 0 amide bonds. The summed E-state index contributed by atoms with van der Waals surface area (Å²) in [5, 5.41) is 24.7. The van der Waals surface area contributed by atoms with Crippen LogP contribution in [0.2, 0.25) is 0 Å². The van der Waals surface area contributed by atoms with E-state index in [-0.39, 0.29) is 0 Å². The van der Waals surface area contributed by atoms with E-state index in [1.807, 2.05) is 30.3 Å². The van der Waals surface area contributed by atoms with Crippen LogP contribution in [0.5, 0.6) is 0 Å². The van der Waals surface area contributed by atoms with Crippen LogP contribution in [0.1, 0.15) is 33.3 Å². The van der Waals surface area contributed by atoms with Crippen molar-refractivity contribution in [1.29, 1.82) is 10.5 Å². The molecule has 0 N–H and O–H groups in total. The van der Waals surface area contributed by atoms with Gasteiger partial charge in [0, 0.05) is 0 Å². The van der Waals surface area contributed by atoms with E-state index in [4.69, 9.17) is 10.5 Å². The molecule has 19 heavy (non-hydrogen) atoms. The maximum Gasteiger partial charge on any atom is 0.162 e. The van der Waals surface area contributed by atoms with Crippen LogP contribution in [0.3, 0.4) is 0 Å². The maximum atomic E-state index is 8.58. The zero-order valence-corrected chi connectivity index (χ0v) is 12.2. The van der Waals surface area contributed by atoms with Crippen LogP contribution in [-0.4, -0.2) is 11.1 Å². The first-order valence-corrected chi connectivity index (χ1v) is 6.01.